The van der Waals surface area contributed by atoms with E-state index in [0.717, 1.165) is 6.04 Å². The van der Waals surface area contributed by atoms with Crippen molar-refractivity contribution in [2.45, 2.75) is 65.0 Å². The first-order valence-corrected chi connectivity index (χ1v) is 7.93. The van der Waals surface area contributed by atoms with Crippen LogP contribution in [0.4, 0.5) is 0 Å². The molecule has 108 valence electrons. The molecule has 3 heteroatoms. The van der Waals surface area contributed by atoms with Crippen LogP contribution in [0.3, 0.4) is 0 Å². The average molecular weight is 255 g/mol. The highest BCUT2D eigenvalue weighted by Crippen LogP contribution is 2.22. The molecule has 1 saturated carbocycles. The highest BCUT2D eigenvalue weighted by molar-refractivity contribution is 4.81. The Kier molecular flexibility index (Phi) is 7.87. The molecule has 0 aromatic heterocycles. The summed E-state index contributed by atoms with van der Waals surface area (Å²) in [6, 6.07) is 1.19. The molecule has 2 N–H and O–H groups in total. The summed E-state index contributed by atoms with van der Waals surface area (Å²) in [7, 11) is 0. The molecule has 0 aromatic rings. The van der Waals surface area contributed by atoms with E-state index < -0.39 is 0 Å². The van der Waals surface area contributed by atoms with Crippen molar-refractivity contribution in [2.75, 3.05) is 32.7 Å². The van der Waals surface area contributed by atoms with E-state index in [4.69, 9.17) is 5.73 Å². The Labute approximate surface area is 114 Å². The molecule has 2 unspecified atom stereocenters. The second-order valence-corrected chi connectivity index (χ2v) is 5.59. The standard InChI is InChI=1S/C15H33N3/c1-4-17(5-2)11-8-12-18(6-3)15-10-7-9-14(16)13-15/h14-15H,4-13,16H2,1-3H3. The quantitative estimate of drug-likeness (QED) is 0.722. The van der Waals surface area contributed by atoms with Crippen LogP contribution in [0.15, 0.2) is 0 Å². The summed E-state index contributed by atoms with van der Waals surface area (Å²) in [5, 5.41) is 0. The molecule has 1 aliphatic carbocycles. The first kappa shape index (κ1) is 15.9. The summed E-state index contributed by atoms with van der Waals surface area (Å²) in [6.07, 6.45) is 6.40. The predicted molar refractivity (Wildman–Crippen MR) is 79.9 cm³/mol. The highest BCUT2D eigenvalue weighted by Gasteiger charge is 2.23. The van der Waals surface area contributed by atoms with Gasteiger partial charge in [-0.3, -0.25) is 0 Å². The zero-order valence-electron chi connectivity index (χ0n) is 12.7. The highest BCUT2D eigenvalue weighted by atomic mass is 15.2. The van der Waals surface area contributed by atoms with Gasteiger partial charge in [0.1, 0.15) is 0 Å². The van der Waals surface area contributed by atoms with Crippen molar-refractivity contribution in [3.63, 3.8) is 0 Å². The maximum absolute atomic E-state index is 6.10. The minimum atomic E-state index is 0.445. The van der Waals surface area contributed by atoms with Crippen molar-refractivity contribution in [1.82, 2.24) is 9.80 Å². The monoisotopic (exact) mass is 255 g/mol. The van der Waals surface area contributed by atoms with Crippen LogP contribution in [0.5, 0.6) is 0 Å². The summed E-state index contributed by atoms with van der Waals surface area (Å²) < 4.78 is 0. The fraction of sp³-hybridized carbons (Fsp3) is 1.00. The van der Waals surface area contributed by atoms with Gasteiger partial charge in [-0.05, 0) is 58.4 Å². The molecule has 1 aliphatic rings. The average Bonchev–Trinajstić information content (AvgIpc) is 2.39. The largest absolute Gasteiger partial charge is 0.328 e. The van der Waals surface area contributed by atoms with E-state index in [1.165, 1.54) is 64.8 Å². The van der Waals surface area contributed by atoms with Gasteiger partial charge in [-0.2, -0.15) is 0 Å². The number of nitrogens with zero attached hydrogens (tertiary/aromatic N) is 2. The Morgan fingerprint density at radius 2 is 1.72 bits per heavy atom. The molecule has 0 amide bonds. The van der Waals surface area contributed by atoms with Gasteiger partial charge in [0.15, 0.2) is 0 Å². The third kappa shape index (κ3) is 5.25. The third-order valence-corrected chi connectivity index (χ3v) is 4.42. The summed E-state index contributed by atoms with van der Waals surface area (Å²) in [6.45, 7) is 12.8. The minimum Gasteiger partial charge on any atom is -0.328 e. The van der Waals surface area contributed by atoms with Gasteiger partial charge in [0.2, 0.25) is 0 Å². The lowest BCUT2D eigenvalue weighted by atomic mass is 9.90. The van der Waals surface area contributed by atoms with Crippen molar-refractivity contribution in [2.24, 2.45) is 5.73 Å². The zero-order valence-corrected chi connectivity index (χ0v) is 12.7. The van der Waals surface area contributed by atoms with Crippen LogP contribution in [0.25, 0.3) is 0 Å². The lowest BCUT2D eigenvalue weighted by molar-refractivity contribution is 0.145. The van der Waals surface area contributed by atoms with Gasteiger partial charge < -0.3 is 15.5 Å². The molecule has 0 bridgehead atoms. The van der Waals surface area contributed by atoms with Gasteiger partial charge >= 0.3 is 0 Å². The smallest absolute Gasteiger partial charge is 0.0110 e. The molecule has 1 fully saturated rings. The van der Waals surface area contributed by atoms with E-state index in [9.17, 15) is 0 Å². The number of rotatable bonds is 8. The van der Waals surface area contributed by atoms with Gasteiger partial charge in [0.05, 0.1) is 0 Å². The molecule has 0 radical (unpaired) electrons. The normalized spacial score (nSPS) is 25.0. The molecule has 0 aliphatic heterocycles. The molecule has 0 saturated heterocycles. The molecule has 0 aromatic carbocycles. The summed E-state index contributed by atoms with van der Waals surface area (Å²) >= 11 is 0. The molecule has 3 nitrogen and oxygen atoms in total. The van der Waals surface area contributed by atoms with Gasteiger partial charge in [-0.1, -0.05) is 27.2 Å². The Hall–Kier alpha value is -0.120. The molecular weight excluding hydrogens is 222 g/mol. The summed E-state index contributed by atoms with van der Waals surface area (Å²) in [5.74, 6) is 0. The topological polar surface area (TPSA) is 32.5 Å². The van der Waals surface area contributed by atoms with Crippen LogP contribution in [-0.4, -0.2) is 54.6 Å². The van der Waals surface area contributed by atoms with Gasteiger partial charge in [-0.15, -0.1) is 0 Å². The van der Waals surface area contributed by atoms with Crippen LogP contribution in [-0.2, 0) is 0 Å². The van der Waals surface area contributed by atoms with Crippen LogP contribution < -0.4 is 5.73 Å². The van der Waals surface area contributed by atoms with Crippen molar-refractivity contribution < 1.29 is 0 Å². The van der Waals surface area contributed by atoms with Crippen LogP contribution in [0.2, 0.25) is 0 Å². The third-order valence-electron chi connectivity index (χ3n) is 4.42. The van der Waals surface area contributed by atoms with Crippen molar-refractivity contribution in [1.29, 1.82) is 0 Å². The van der Waals surface area contributed by atoms with Crippen molar-refractivity contribution in [3.8, 4) is 0 Å². The SMILES string of the molecule is CCN(CC)CCCN(CC)C1CCCC(N)C1. The Morgan fingerprint density at radius 1 is 1.00 bits per heavy atom. The first-order chi connectivity index (χ1) is 8.71. The maximum atomic E-state index is 6.10. The molecule has 2 atom stereocenters. The van der Waals surface area contributed by atoms with Crippen LogP contribution in [0.1, 0.15) is 52.9 Å². The minimum absolute atomic E-state index is 0.445. The van der Waals surface area contributed by atoms with Gasteiger partial charge in [-0.25, -0.2) is 0 Å². The zero-order chi connectivity index (χ0) is 13.4. The number of hydrogen-bond acceptors (Lipinski definition) is 3. The molecule has 1 rings (SSSR count). The van der Waals surface area contributed by atoms with E-state index in [0.29, 0.717) is 6.04 Å². The Morgan fingerprint density at radius 3 is 2.28 bits per heavy atom. The van der Waals surface area contributed by atoms with Crippen molar-refractivity contribution >= 4 is 0 Å². The molecule has 0 heterocycles. The van der Waals surface area contributed by atoms with E-state index in [-0.39, 0.29) is 0 Å². The van der Waals surface area contributed by atoms with E-state index in [1.54, 1.807) is 0 Å². The molecule has 18 heavy (non-hydrogen) atoms. The second kappa shape index (κ2) is 8.89. The van der Waals surface area contributed by atoms with E-state index >= 15 is 0 Å². The lowest BCUT2D eigenvalue weighted by Crippen LogP contribution is -2.43. The van der Waals surface area contributed by atoms with E-state index in [2.05, 4.69) is 30.6 Å². The molecule has 0 spiro atoms. The number of nitrogens with two attached hydrogens (primary N) is 1. The Balaban J connectivity index is 2.28. The predicted octanol–water partition coefficient (Wildman–Crippen LogP) is 2.31. The van der Waals surface area contributed by atoms with Crippen molar-refractivity contribution in [3.05, 3.63) is 0 Å². The summed E-state index contributed by atoms with van der Waals surface area (Å²) in [5.41, 5.74) is 6.10. The fourth-order valence-corrected chi connectivity index (χ4v) is 3.17. The van der Waals surface area contributed by atoms with Crippen LogP contribution >= 0.6 is 0 Å². The maximum Gasteiger partial charge on any atom is 0.0110 e. The van der Waals surface area contributed by atoms with Gasteiger partial charge in [0, 0.05) is 12.1 Å². The lowest BCUT2D eigenvalue weighted by Gasteiger charge is -2.36. The van der Waals surface area contributed by atoms with Crippen LogP contribution in [0, 0.1) is 0 Å². The fourth-order valence-electron chi connectivity index (χ4n) is 3.17. The van der Waals surface area contributed by atoms with Gasteiger partial charge in [0.25, 0.3) is 0 Å². The summed E-state index contributed by atoms with van der Waals surface area (Å²) in [4.78, 5) is 5.17. The molecular formula is C15H33N3. The Bertz CT molecular complexity index is 204. The second-order valence-electron chi connectivity index (χ2n) is 5.59. The number of hydrogen-bond donors (Lipinski definition) is 1. The first-order valence-electron chi connectivity index (χ1n) is 7.93. The van der Waals surface area contributed by atoms with E-state index in [1.807, 2.05) is 0 Å².